The van der Waals surface area contributed by atoms with Crippen LogP contribution in [0.5, 0.6) is 0 Å². The second-order valence-electron chi connectivity index (χ2n) is 4.26. The molecule has 0 aliphatic heterocycles. The van der Waals surface area contributed by atoms with Gasteiger partial charge in [0.05, 0.1) is 6.54 Å². The van der Waals surface area contributed by atoms with Crippen molar-refractivity contribution in [3.05, 3.63) is 64.3 Å². The summed E-state index contributed by atoms with van der Waals surface area (Å²) in [5.41, 5.74) is 3.36. The van der Waals surface area contributed by atoms with Crippen molar-refractivity contribution in [2.75, 3.05) is 0 Å². The van der Waals surface area contributed by atoms with Crippen molar-refractivity contribution in [1.82, 2.24) is 9.55 Å². The normalized spacial score (nSPS) is 10.9. The van der Waals surface area contributed by atoms with Crippen molar-refractivity contribution in [1.29, 1.82) is 0 Å². The molecule has 0 atom stereocenters. The van der Waals surface area contributed by atoms with Crippen LogP contribution in [0.1, 0.15) is 11.1 Å². The van der Waals surface area contributed by atoms with Crippen LogP contribution in [0.2, 0.25) is 0 Å². The molecule has 0 bridgehead atoms. The predicted molar refractivity (Wildman–Crippen MR) is 68.6 cm³/mol. The van der Waals surface area contributed by atoms with Crippen LogP contribution in [0.3, 0.4) is 0 Å². The van der Waals surface area contributed by atoms with Gasteiger partial charge in [0.25, 0.3) is 0 Å². The average Bonchev–Trinajstić information content (AvgIpc) is 2.69. The van der Waals surface area contributed by atoms with Crippen LogP contribution in [0.15, 0.2) is 51.8 Å². The molecule has 2 heterocycles. The van der Waals surface area contributed by atoms with Gasteiger partial charge in [-0.05, 0) is 24.6 Å². The Morgan fingerprint density at radius 3 is 2.78 bits per heavy atom. The Labute approximate surface area is 104 Å². The molecule has 0 saturated heterocycles. The fraction of sp³-hybridized carbons (Fsp3) is 0.143. The summed E-state index contributed by atoms with van der Waals surface area (Å²) in [5.74, 6) is -0.371. The van der Waals surface area contributed by atoms with E-state index in [4.69, 9.17) is 4.42 Å². The highest BCUT2D eigenvalue weighted by Gasteiger charge is 2.09. The van der Waals surface area contributed by atoms with Gasteiger partial charge in [-0.1, -0.05) is 29.8 Å². The van der Waals surface area contributed by atoms with Gasteiger partial charge in [0.2, 0.25) is 0 Å². The van der Waals surface area contributed by atoms with Crippen LogP contribution in [0.25, 0.3) is 11.2 Å². The first-order valence-electron chi connectivity index (χ1n) is 5.74. The quantitative estimate of drug-likeness (QED) is 0.690. The SMILES string of the molecule is Cc1ccc(Cn2c(=O)oc3cccnc32)cc1. The molecule has 4 nitrogen and oxygen atoms in total. The van der Waals surface area contributed by atoms with E-state index < -0.39 is 0 Å². The summed E-state index contributed by atoms with van der Waals surface area (Å²) in [4.78, 5) is 16.0. The first-order chi connectivity index (χ1) is 8.74. The van der Waals surface area contributed by atoms with Gasteiger partial charge in [-0.2, -0.15) is 0 Å². The van der Waals surface area contributed by atoms with E-state index in [1.807, 2.05) is 31.2 Å². The van der Waals surface area contributed by atoms with Crippen molar-refractivity contribution in [3.63, 3.8) is 0 Å². The second-order valence-corrected chi connectivity index (χ2v) is 4.26. The molecule has 0 radical (unpaired) electrons. The Kier molecular flexibility index (Phi) is 2.48. The number of nitrogens with zero attached hydrogens (tertiary/aromatic N) is 2. The summed E-state index contributed by atoms with van der Waals surface area (Å²) < 4.78 is 6.68. The average molecular weight is 240 g/mol. The van der Waals surface area contributed by atoms with Crippen LogP contribution in [0.4, 0.5) is 0 Å². The molecule has 3 aromatic rings. The first kappa shape index (κ1) is 10.8. The van der Waals surface area contributed by atoms with Crippen LogP contribution in [-0.4, -0.2) is 9.55 Å². The van der Waals surface area contributed by atoms with Gasteiger partial charge in [0, 0.05) is 6.20 Å². The van der Waals surface area contributed by atoms with E-state index in [0.717, 1.165) is 5.56 Å². The molecule has 0 amide bonds. The zero-order valence-corrected chi connectivity index (χ0v) is 9.96. The maximum absolute atomic E-state index is 11.8. The van der Waals surface area contributed by atoms with Gasteiger partial charge in [-0.3, -0.25) is 4.57 Å². The number of benzene rings is 1. The molecule has 0 saturated carbocycles. The van der Waals surface area contributed by atoms with E-state index in [-0.39, 0.29) is 5.76 Å². The molecule has 0 fully saturated rings. The number of aromatic nitrogens is 2. The van der Waals surface area contributed by atoms with Crippen LogP contribution < -0.4 is 5.76 Å². The van der Waals surface area contributed by atoms with Crippen molar-refractivity contribution in [2.45, 2.75) is 13.5 Å². The van der Waals surface area contributed by atoms with Crippen molar-refractivity contribution < 1.29 is 4.42 Å². The third-order valence-electron chi connectivity index (χ3n) is 2.89. The summed E-state index contributed by atoms with van der Waals surface area (Å²) in [6.07, 6.45) is 1.66. The number of hydrogen-bond acceptors (Lipinski definition) is 3. The smallest absolute Gasteiger partial charge is 0.406 e. The summed E-state index contributed by atoms with van der Waals surface area (Å²) in [7, 11) is 0. The summed E-state index contributed by atoms with van der Waals surface area (Å²) >= 11 is 0. The van der Waals surface area contributed by atoms with E-state index in [0.29, 0.717) is 17.8 Å². The Morgan fingerprint density at radius 2 is 2.00 bits per heavy atom. The molecule has 0 aliphatic rings. The van der Waals surface area contributed by atoms with Crippen LogP contribution in [0, 0.1) is 6.92 Å². The third kappa shape index (κ3) is 1.82. The van der Waals surface area contributed by atoms with Gasteiger partial charge >= 0.3 is 5.76 Å². The molecule has 1 aromatic carbocycles. The van der Waals surface area contributed by atoms with Crippen molar-refractivity contribution in [2.24, 2.45) is 0 Å². The number of rotatable bonds is 2. The highest BCUT2D eigenvalue weighted by molar-refractivity contribution is 5.67. The molecule has 0 aliphatic carbocycles. The summed E-state index contributed by atoms with van der Waals surface area (Å²) in [6, 6.07) is 11.6. The van der Waals surface area contributed by atoms with Crippen LogP contribution in [-0.2, 0) is 6.54 Å². The van der Waals surface area contributed by atoms with E-state index in [1.165, 1.54) is 5.56 Å². The zero-order chi connectivity index (χ0) is 12.5. The van der Waals surface area contributed by atoms with Gasteiger partial charge in [-0.15, -0.1) is 0 Å². The minimum Gasteiger partial charge on any atom is -0.406 e. The van der Waals surface area contributed by atoms with Gasteiger partial charge in [-0.25, -0.2) is 9.78 Å². The fourth-order valence-electron chi connectivity index (χ4n) is 1.92. The lowest BCUT2D eigenvalue weighted by Gasteiger charge is -2.02. The molecular formula is C14H12N2O2. The minimum absolute atomic E-state index is 0.371. The van der Waals surface area contributed by atoms with Gasteiger partial charge < -0.3 is 4.42 Å². The second kappa shape index (κ2) is 4.14. The third-order valence-corrected chi connectivity index (χ3v) is 2.89. The van der Waals surface area contributed by atoms with Gasteiger partial charge in [0.15, 0.2) is 11.2 Å². The van der Waals surface area contributed by atoms with Crippen LogP contribution >= 0.6 is 0 Å². The first-order valence-corrected chi connectivity index (χ1v) is 5.74. The molecule has 0 spiro atoms. The lowest BCUT2D eigenvalue weighted by molar-refractivity contribution is 0.517. The standard InChI is InChI=1S/C14H12N2O2/c1-10-4-6-11(7-5-10)9-16-13-12(18-14(16)17)3-2-8-15-13/h2-8H,9H2,1H3. The van der Waals surface area contributed by atoms with Gasteiger partial charge in [0.1, 0.15) is 0 Å². The molecule has 0 N–H and O–H groups in total. The number of fused-ring (bicyclic) bond motifs is 1. The fourth-order valence-corrected chi connectivity index (χ4v) is 1.92. The number of aryl methyl sites for hydroxylation is 1. The lowest BCUT2D eigenvalue weighted by Crippen LogP contribution is -2.15. The Morgan fingerprint density at radius 1 is 1.22 bits per heavy atom. The van der Waals surface area contributed by atoms with E-state index in [9.17, 15) is 4.79 Å². The topological polar surface area (TPSA) is 48.0 Å². The van der Waals surface area contributed by atoms with Crippen molar-refractivity contribution >= 4 is 11.2 Å². The maximum atomic E-state index is 11.8. The number of pyridine rings is 1. The molecule has 4 heteroatoms. The minimum atomic E-state index is -0.371. The van der Waals surface area contributed by atoms with Crippen molar-refractivity contribution in [3.8, 4) is 0 Å². The number of oxazole rings is 1. The molecule has 0 unspecified atom stereocenters. The molecule has 18 heavy (non-hydrogen) atoms. The molecular weight excluding hydrogens is 228 g/mol. The highest BCUT2D eigenvalue weighted by atomic mass is 16.4. The van der Waals surface area contributed by atoms with E-state index in [2.05, 4.69) is 4.98 Å². The Bertz CT molecular complexity index is 738. The van der Waals surface area contributed by atoms with E-state index in [1.54, 1.807) is 22.9 Å². The Balaban J connectivity index is 2.07. The molecule has 90 valence electrons. The van der Waals surface area contributed by atoms with E-state index >= 15 is 0 Å². The maximum Gasteiger partial charge on any atom is 0.421 e. The monoisotopic (exact) mass is 240 g/mol. The zero-order valence-electron chi connectivity index (χ0n) is 9.96. The predicted octanol–water partition coefficient (Wildman–Crippen LogP) is 2.35. The molecule has 3 rings (SSSR count). The summed E-state index contributed by atoms with van der Waals surface area (Å²) in [5, 5.41) is 0. The number of hydrogen-bond donors (Lipinski definition) is 0. The largest absolute Gasteiger partial charge is 0.421 e. The Hall–Kier alpha value is -2.36. The molecule has 2 aromatic heterocycles. The summed E-state index contributed by atoms with van der Waals surface area (Å²) in [6.45, 7) is 2.51. The highest BCUT2D eigenvalue weighted by Crippen LogP contribution is 2.11. The lowest BCUT2D eigenvalue weighted by atomic mass is 10.1.